The summed E-state index contributed by atoms with van der Waals surface area (Å²) in [6.07, 6.45) is 4.88. The number of amides is 1. The van der Waals surface area contributed by atoms with Gasteiger partial charge in [0.05, 0.1) is 0 Å². The maximum atomic E-state index is 12.3. The van der Waals surface area contributed by atoms with Crippen LogP contribution in [-0.4, -0.2) is 72.2 Å². The standard InChI is InChI=1S/C20H31N3OS/c1-4-23-12-11-20(10-9-19(23)24)16-22(14-13-21(20)2)15-17-5-7-18(25-3)8-6-17/h5-8H,4,9-16H2,1-3H3. The van der Waals surface area contributed by atoms with E-state index in [1.54, 1.807) is 11.8 Å². The molecule has 1 spiro atoms. The summed E-state index contributed by atoms with van der Waals surface area (Å²) in [5.74, 6) is 0.331. The third-order valence-electron chi connectivity index (χ3n) is 6.03. The molecule has 1 aromatic rings. The lowest BCUT2D eigenvalue weighted by Crippen LogP contribution is -2.60. The third-order valence-corrected chi connectivity index (χ3v) is 6.77. The average molecular weight is 362 g/mol. The van der Waals surface area contributed by atoms with E-state index in [-0.39, 0.29) is 5.54 Å². The van der Waals surface area contributed by atoms with Gasteiger partial charge in [0.2, 0.25) is 5.91 Å². The molecule has 0 saturated carbocycles. The summed E-state index contributed by atoms with van der Waals surface area (Å²) in [7, 11) is 2.25. The molecule has 4 nitrogen and oxygen atoms in total. The van der Waals surface area contributed by atoms with Crippen molar-refractivity contribution in [3.8, 4) is 0 Å². The van der Waals surface area contributed by atoms with Crippen molar-refractivity contribution in [2.24, 2.45) is 0 Å². The number of nitrogens with zero attached hydrogens (tertiary/aromatic N) is 3. The van der Waals surface area contributed by atoms with Crippen LogP contribution in [0, 0.1) is 0 Å². The topological polar surface area (TPSA) is 26.8 Å². The summed E-state index contributed by atoms with van der Waals surface area (Å²) >= 11 is 1.79. The van der Waals surface area contributed by atoms with E-state index in [0.29, 0.717) is 12.3 Å². The molecule has 0 radical (unpaired) electrons. The second kappa shape index (κ2) is 8.11. The fourth-order valence-electron chi connectivity index (χ4n) is 4.23. The Morgan fingerprint density at radius 2 is 1.88 bits per heavy atom. The van der Waals surface area contributed by atoms with Crippen LogP contribution in [0.15, 0.2) is 29.2 Å². The van der Waals surface area contributed by atoms with Gasteiger partial charge < -0.3 is 4.90 Å². The van der Waals surface area contributed by atoms with Crippen molar-refractivity contribution in [3.05, 3.63) is 29.8 Å². The van der Waals surface area contributed by atoms with Gasteiger partial charge in [-0.2, -0.15) is 0 Å². The Kier molecular flexibility index (Phi) is 6.08. The highest BCUT2D eigenvalue weighted by Gasteiger charge is 2.41. The summed E-state index contributed by atoms with van der Waals surface area (Å²) in [5, 5.41) is 0. The number of likely N-dealkylation sites (N-methyl/N-ethyl adjacent to an activating group) is 1. The molecule has 0 aromatic heterocycles. The number of piperazine rings is 1. The smallest absolute Gasteiger partial charge is 0.222 e. The lowest BCUT2D eigenvalue weighted by molar-refractivity contribution is -0.130. The number of likely N-dealkylation sites (tertiary alicyclic amines) is 1. The summed E-state index contributed by atoms with van der Waals surface area (Å²) in [5.41, 5.74) is 1.54. The van der Waals surface area contributed by atoms with Crippen molar-refractivity contribution in [2.45, 2.75) is 43.2 Å². The molecule has 2 heterocycles. The van der Waals surface area contributed by atoms with Gasteiger partial charge in [-0.15, -0.1) is 11.8 Å². The Hall–Kier alpha value is -1.04. The van der Waals surface area contributed by atoms with Gasteiger partial charge in [0.15, 0.2) is 0 Å². The quantitative estimate of drug-likeness (QED) is 0.771. The SMILES string of the molecule is CCN1CCC2(CCC1=O)CN(Cc1ccc(SC)cc1)CCN2C. The zero-order chi connectivity index (χ0) is 17.9. The predicted octanol–water partition coefficient (Wildman–Crippen LogP) is 2.93. The molecule has 2 aliphatic rings. The molecule has 1 atom stereocenters. The Bertz CT molecular complexity index is 591. The predicted molar refractivity (Wildman–Crippen MR) is 105 cm³/mol. The first-order valence-electron chi connectivity index (χ1n) is 9.40. The van der Waals surface area contributed by atoms with Crippen LogP contribution in [0.25, 0.3) is 0 Å². The van der Waals surface area contributed by atoms with Gasteiger partial charge >= 0.3 is 0 Å². The number of rotatable bonds is 4. The van der Waals surface area contributed by atoms with Crippen LogP contribution in [0.2, 0.25) is 0 Å². The Labute approximate surface area is 156 Å². The van der Waals surface area contributed by atoms with Crippen molar-refractivity contribution in [1.29, 1.82) is 0 Å². The molecular weight excluding hydrogens is 330 g/mol. The minimum Gasteiger partial charge on any atom is -0.343 e. The van der Waals surface area contributed by atoms with E-state index in [0.717, 1.165) is 52.1 Å². The van der Waals surface area contributed by atoms with Gasteiger partial charge in [0, 0.05) is 56.1 Å². The summed E-state index contributed by atoms with van der Waals surface area (Å²) < 4.78 is 0. The number of thioether (sulfide) groups is 1. The lowest BCUT2D eigenvalue weighted by Gasteiger charge is -2.49. The maximum Gasteiger partial charge on any atom is 0.222 e. The van der Waals surface area contributed by atoms with Crippen molar-refractivity contribution >= 4 is 17.7 Å². The summed E-state index contributed by atoms with van der Waals surface area (Å²) in [6.45, 7) is 8.09. The largest absolute Gasteiger partial charge is 0.343 e. The number of carbonyl (C=O) groups is 1. The molecule has 25 heavy (non-hydrogen) atoms. The van der Waals surface area contributed by atoms with Crippen molar-refractivity contribution in [3.63, 3.8) is 0 Å². The number of carbonyl (C=O) groups excluding carboxylic acids is 1. The van der Waals surface area contributed by atoms with E-state index in [9.17, 15) is 4.79 Å². The maximum absolute atomic E-state index is 12.3. The first kappa shape index (κ1) is 18.7. The molecule has 2 fully saturated rings. The monoisotopic (exact) mass is 361 g/mol. The lowest BCUT2D eigenvalue weighted by atomic mass is 9.86. The molecule has 1 aromatic carbocycles. The van der Waals surface area contributed by atoms with Crippen LogP contribution in [0.4, 0.5) is 0 Å². The number of benzene rings is 1. The Morgan fingerprint density at radius 3 is 2.56 bits per heavy atom. The molecule has 5 heteroatoms. The first-order valence-corrected chi connectivity index (χ1v) is 10.6. The fraction of sp³-hybridized carbons (Fsp3) is 0.650. The highest BCUT2D eigenvalue weighted by Crippen LogP contribution is 2.32. The van der Waals surface area contributed by atoms with Gasteiger partial charge in [-0.25, -0.2) is 0 Å². The molecule has 138 valence electrons. The number of hydrogen-bond donors (Lipinski definition) is 0. The summed E-state index contributed by atoms with van der Waals surface area (Å²) in [4.78, 5) is 20.8. The van der Waals surface area contributed by atoms with Crippen molar-refractivity contribution < 1.29 is 4.79 Å². The summed E-state index contributed by atoms with van der Waals surface area (Å²) in [6, 6.07) is 8.95. The molecule has 3 rings (SSSR count). The molecule has 2 saturated heterocycles. The van der Waals surface area contributed by atoms with Crippen LogP contribution in [-0.2, 0) is 11.3 Å². The zero-order valence-corrected chi connectivity index (χ0v) is 16.6. The van der Waals surface area contributed by atoms with Gasteiger partial charge in [-0.3, -0.25) is 14.6 Å². The first-order chi connectivity index (χ1) is 12.1. The highest BCUT2D eigenvalue weighted by molar-refractivity contribution is 7.98. The van der Waals surface area contributed by atoms with Crippen molar-refractivity contribution in [1.82, 2.24) is 14.7 Å². The average Bonchev–Trinajstić information content (AvgIpc) is 2.79. The molecule has 2 aliphatic heterocycles. The Morgan fingerprint density at radius 1 is 1.12 bits per heavy atom. The molecular formula is C20H31N3OS. The molecule has 0 N–H and O–H groups in total. The van der Waals surface area contributed by atoms with Crippen LogP contribution < -0.4 is 0 Å². The van der Waals surface area contributed by atoms with E-state index >= 15 is 0 Å². The van der Waals surface area contributed by atoms with Gasteiger partial charge in [-0.05, 0) is 50.8 Å². The second-order valence-electron chi connectivity index (χ2n) is 7.43. The van der Waals surface area contributed by atoms with Gasteiger partial charge in [0.1, 0.15) is 0 Å². The zero-order valence-electron chi connectivity index (χ0n) is 15.8. The van der Waals surface area contributed by atoms with E-state index in [2.05, 4.69) is 54.3 Å². The highest BCUT2D eigenvalue weighted by atomic mass is 32.2. The van der Waals surface area contributed by atoms with E-state index in [4.69, 9.17) is 0 Å². The fourth-order valence-corrected chi connectivity index (χ4v) is 4.64. The van der Waals surface area contributed by atoms with Crippen LogP contribution in [0.3, 0.4) is 0 Å². The van der Waals surface area contributed by atoms with E-state index in [1.165, 1.54) is 10.5 Å². The molecule has 1 unspecified atom stereocenters. The molecule has 1 amide bonds. The van der Waals surface area contributed by atoms with Crippen LogP contribution in [0.1, 0.15) is 31.7 Å². The van der Waals surface area contributed by atoms with Crippen LogP contribution >= 0.6 is 11.8 Å². The normalized spacial score (nSPS) is 26.2. The molecule has 0 bridgehead atoms. The second-order valence-corrected chi connectivity index (χ2v) is 8.31. The minimum atomic E-state index is 0.150. The number of hydrogen-bond acceptors (Lipinski definition) is 4. The van der Waals surface area contributed by atoms with Gasteiger partial charge in [0.25, 0.3) is 0 Å². The van der Waals surface area contributed by atoms with E-state index < -0.39 is 0 Å². The van der Waals surface area contributed by atoms with Crippen LogP contribution in [0.5, 0.6) is 0 Å². The minimum absolute atomic E-state index is 0.150. The van der Waals surface area contributed by atoms with E-state index in [1.807, 2.05) is 4.90 Å². The Balaban J connectivity index is 1.69. The van der Waals surface area contributed by atoms with Gasteiger partial charge in [-0.1, -0.05) is 12.1 Å². The molecule has 0 aliphatic carbocycles. The third kappa shape index (κ3) is 4.21. The van der Waals surface area contributed by atoms with Crippen molar-refractivity contribution in [2.75, 3.05) is 46.0 Å².